The maximum Gasteiger partial charge on any atom is 0.339 e. The molecule has 49 heavy (non-hydrogen) atoms. The van der Waals surface area contributed by atoms with Gasteiger partial charge in [-0.05, 0) is 45.6 Å². The van der Waals surface area contributed by atoms with Gasteiger partial charge in [-0.3, -0.25) is 14.4 Å². The molecule has 6 rings (SSSR count). The highest BCUT2D eigenvalue weighted by molar-refractivity contribution is 5.93. The predicted molar refractivity (Wildman–Crippen MR) is 162 cm³/mol. The molecule has 1 unspecified atom stereocenters. The van der Waals surface area contributed by atoms with Crippen LogP contribution in [0.15, 0.2) is 23.0 Å². The Hall–Kier alpha value is -2.92. The Kier molecular flexibility index (Phi) is 8.66. The molecule has 0 bridgehead atoms. The largest absolute Gasteiger partial charge is 0.481 e. The van der Waals surface area contributed by atoms with Crippen molar-refractivity contribution >= 4 is 23.7 Å². The molecule has 1 aromatic rings. The number of Topliss-reactive ketones (excluding diaryl/α,β-unsaturated/α-hetero) is 1. The molecule has 14 atom stereocenters. The standard InChI is InChI=1S/C34H46O15/c1-15(36)45-21(12-22(38)39)32(5)18-7-9-31(4)26(16-8-10-44-14-16)47-28(43)27-34(31,48-27)33(18,6)20(37)11-19(32)30(2,3)49-29-25(42)24(41)23(40)17(13-35)46-29/h8,10,14,17-19,21,23-27,29,35,40-42H,7,9,11-13H2,1-6H3,(H,38,39)/t17-,18-,19?,21-,23-,24+,25-,26+,27-,29+,31+,32-,33+,34-/m1/s1. The summed E-state index contributed by atoms with van der Waals surface area (Å²) in [6, 6.07) is 1.69. The quantitative estimate of drug-likeness (QED) is 0.180. The molecule has 2 aliphatic carbocycles. The fraction of sp³-hybridized carbons (Fsp3) is 0.765. The fourth-order valence-electron chi connectivity index (χ4n) is 10.4. The number of aliphatic hydroxyl groups is 4. The third-order valence-electron chi connectivity index (χ3n) is 12.7. The SMILES string of the molecule is CC(=O)O[C@H](CC(=O)O)[C@@]1(C)C(C(C)(C)O[C@@H]2O[C@H](CO)[C@@H](O)[C@H](O)[C@H]2O)CC(=O)[C@]2(C)[C@@H]1CC[C@@]1(C)[C@H](c3ccoc3)OC(=O)[C@H]3O[C@]312. The van der Waals surface area contributed by atoms with E-state index in [2.05, 4.69) is 0 Å². The minimum atomic E-state index is -1.75. The first-order valence-electron chi connectivity index (χ1n) is 16.6. The van der Waals surface area contributed by atoms with Gasteiger partial charge in [0.15, 0.2) is 12.4 Å². The zero-order valence-corrected chi connectivity index (χ0v) is 28.4. The summed E-state index contributed by atoms with van der Waals surface area (Å²) in [5, 5.41) is 51.5. The van der Waals surface area contributed by atoms with Crippen molar-refractivity contribution in [2.24, 2.45) is 28.1 Å². The number of hydrogen-bond acceptors (Lipinski definition) is 14. The molecule has 1 spiro atoms. The predicted octanol–water partition coefficient (Wildman–Crippen LogP) is 1.03. The van der Waals surface area contributed by atoms with Crippen LogP contribution in [0.25, 0.3) is 0 Å². The number of aliphatic hydroxyl groups excluding tert-OH is 4. The maximum atomic E-state index is 14.9. The van der Waals surface area contributed by atoms with E-state index in [0.29, 0.717) is 18.4 Å². The third kappa shape index (κ3) is 4.94. The summed E-state index contributed by atoms with van der Waals surface area (Å²) in [7, 11) is 0. The molecule has 15 nitrogen and oxygen atoms in total. The monoisotopic (exact) mass is 694 g/mol. The lowest BCUT2D eigenvalue weighted by Crippen LogP contribution is -2.73. The molecule has 5 N–H and O–H groups in total. The molecular formula is C34H46O15. The molecule has 3 aliphatic heterocycles. The first-order valence-corrected chi connectivity index (χ1v) is 16.6. The van der Waals surface area contributed by atoms with Crippen molar-refractivity contribution in [3.63, 3.8) is 0 Å². The molecule has 272 valence electrons. The number of fused-ring (bicyclic) bond motifs is 1. The Balaban J connectivity index is 1.47. The number of ketones is 1. The average molecular weight is 695 g/mol. The van der Waals surface area contributed by atoms with Gasteiger partial charge in [-0.2, -0.15) is 0 Å². The normalized spacial score (nSPS) is 45.3. The van der Waals surface area contributed by atoms with Crippen LogP contribution >= 0.6 is 0 Å². The smallest absolute Gasteiger partial charge is 0.339 e. The fourth-order valence-corrected chi connectivity index (χ4v) is 10.4. The molecule has 3 saturated heterocycles. The van der Waals surface area contributed by atoms with Crippen LogP contribution in [0.5, 0.6) is 0 Å². The Bertz CT molecular complexity index is 1470. The van der Waals surface area contributed by atoms with Crippen molar-refractivity contribution in [3.05, 3.63) is 24.2 Å². The highest BCUT2D eigenvalue weighted by atomic mass is 16.7. The molecule has 0 radical (unpaired) electrons. The van der Waals surface area contributed by atoms with Crippen LogP contribution in [0.2, 0.25) is 0 Å². The number of rotatable bonds is 9. The number of epoxide rings is 1. The maximum absolute atomic E-state index is 14.9. The second kappa shape index (κ2) is 11.8. The number of carboxylic acids is 1. The van der Waals surface area contributed by atoms with Gasteiger partial charge in [0.1, 0.15) is 48.0 Å². The van der Waals surface area contributed by atoms with Gasteiger partial charge in [0.2, 0.25) is 0 Å². The number of furan rings is 1. The van der Waals surface area contributed by atoms with E-state index in [4.69, 9.17) is 28.1 Å². The van der Waals surface area contributed by atoms with Gasteiger partial charge < -0.3 is 53.6 Å². The van der Waals surface area contributed by atoms with Crippen LogP contribution in [0.1, 0.15) is 78.9 Å². The molecular weight excluding hydrogens is 648 g/mol. The minimum Gasteiger partial charge on any atom is -0.481 e. The summed E-state index contributed by atoms with van der Waals surface area (Å²) in [6.07, 6.45) is -8.35. The molecule has 0 amide bonds. The van der Waals surface area contributed by atoms with Gasteiger partial charge in [0.25, 0.3) is 0 Å². The zero-order valence-electron chi connectivity index (χ0n) is 28.4. The molecule has 2 saturated carbocycles. The third-order valence-corrected chi connectivity index (χ3v) is 12.7. The van der Waals surface area contributed by atoms with Gasteiger partial charge in [-0.25, -0.2) is 4.79 Å². The van der Waals surface area contributed by atoms with E-state index in [0.717, 1.165) is 0 Å². The van der Waals surface area contributed by atoms with E-state index in [9.17, 15) is 44.7 Å². The van der Waals surface area contributed by atoms with Crippen LogP contribution < -0.4 is 0 Å². The Morgan fingerprint density at radius 2 is 1.78 bits per heavy atom. The topological polar surface area (TPSA) is 232 Å². The lowest BCUT2D eigenvalue weighted by Gasteiger charge is -2.67. The van der Waals surface area contributed by atoms with Crippen LogP contribution in [0.4, 0.5) is 0 Å². The number of esters is 2. The minimum absolute atomic E-state index is 0.245. The van der Waals surface area contributed by atoms with Crippen LogP contribution in [0.3, 0.4) is 0 Å². The number of carboxylic acid groups (broad SMARTS) is 1. The van der Waals surface area contributed by atoms with E-state index < -0.39 is 119 Å². The van der Waals surface area contributed by atoms with Gasteiger partial charge in [0, 0.05) is 35.7 Å². The van der Waals surface area contributed by atoms with Crippen molar-refractivity contribution in [2.75, 3.05) is 6.61 Å². The summed E-state index contributed by atoms with van der Waals surface area (Å²) in [4.78, 5) is 53.4. The molecule has 5 aliphatic rings. The van der Waals surface area contributed by atoms with E-state index >= 15 is 0 Å². The van der Waals surface area contributed by atoms with Crippen molar-refractivity contribution in [1.82, 2.24) is 0 Å². The van der Waals surface area contributed by atoms with E-state index in [-0.39, 0.29) is 12.2 Å². The summed E-state index contributed by atoms with van der Waals surface area (Å²) >= 11 is 0. The molecule has 15 heteroatoms. The lowest BCUT2D eigenvalue weighted by atomic mass is 9.37. The van der Waals surface area contributed by atoms with Crippen LogP contribution in [0, 0.1) is 28.1 Å². The first-order chi connectivity index (χ1) is 22.8. The second-order valence-electron chi connectivity index (χ2n) is 15.5. The van der Waals surface area contributed by atoms with Crippen molar-refractivity contribution in [3.8, 4) is 0 Å². The van der Waals surface area contributed by atoms with E-state index in [1.165, 1.54) is 19.5 Å². The lowest BCUT2D eigenvalue weighted by molar-refractivity contribution is -0.338. The number of carbonyl (C=O) groups excluding carboxylic acids is 3. The highest BCUT2D eigenvalue weighted by Gasteiger charge is 2.88. The van der Waals surface area contributed by atoms with Gasteiger partial charge in [0.05, 0.1) is 36.6 Å². The molecule has 4 heterocycles. The number of cyclic esters (lactones) is 1. The summed E-state index contributed by atoms with van der Waals surface area (Å²) in [6.45, 7) is 9.13. The van der Waals surface area contributed by atoms with Crippen molar-refractivity contribution in [1.29, 1.82) is 0 Å². The highest BCUT2D eigenvalue weighted by Crippen LogP contribution is 2.78. The van der Waals surface area contributed by atoms with Crippen LogP contribution in [-0.4, -0.2) is 110 Å². The van der Waals surface area contributed by atoms with Crippen molar-refractivity contribution < 1.29 is 72.8 Å². The zero-order chi connectivity index (χ0) is 36.1. The number of aliphatic carboxylic acids is 1. The van der Waals surface area contributed by atoms with Gasteiger partial charge >= 0.3 is 17.9 Å². The Morgan fingerprint density at radius 1 is 1.08 bits per heavy atom. The van der Waals surface area contributed by atoms with E-state index in [1.807, 2.05) is 6.92 Å². The van der Waals surface area contributed by atoms with Crippen molar-refractivity contribution in [2.45, 2.75) is 127 Å². The summed E-state index contributed by atoms with van der Waals surface area (Å²) in [5.41, 5.74) is -5.86. The van der Waals surface area contributed by atoms with Gasteiger partial charge in [-0.15, -0.1) is 0 Å². The first kappa shape index (κ1) is 35.9. The molecule has 5 fully saturated rings. The average Bonchev–Trinajstić information content (AvgIpc) is 3.59. The summed E-state index contributed by atoms with van der Waals surface area (Å²) < 4.78 is 35.5. The summed E-state index contributed by atoms with van der Waals surface area (Å²) in [5.74, 6) is -4.54. The second-order valence-corrected chi connectivity index (χ2v) is 15.5. The Morgan fingerprint density at radius 3 is 2.37 bits per heavy atom. The van der Waals surface area contributed by atoms with Crippen LogP contribution in [-0.2, 0) is 42.9 Å². The molecule has 0 aromatic carbocycles. The number of ether oxygens (including phenoxy) is 5. The van der Waals surface area contributed by atoms with E-state index in [1.54, 1.807) is 33.8 Å². The van der Waals surface area contributed by atoms with Gasteiger partial charge in [-0.1, -0.05) is 13.8 Å². The molecule has 1 aromatic heterocycles. The number of hydrogen-bond donors (Lipinski definition) is 5. The Labute approximate surface area is 282 Å². The number of carbonyl (C=O) groups is 4.